The summed E-state index contributed by atoms with van der Waals surface area (Å²) in [5, 5.41) is 0. The Morgan fingerprint density at radius 3 is 2.70 bits per heavy atom. The standard InChI is InChI=1S/C8H14O2/c1-3-5-7-10-8(9)6-4-2/h5,7H,3-4,6H2,1-2H3. The molecule has 0 unspecified atom stereocenters. The van der Waals surface area contributed by atoms with Gasteiger partial charge in [0.1, 0.15) is 0 Å². The van der Waals surface area contributed by atoms with Crippen LogP contribution in [-0.4, -0.2) is 5.97 Å². The van der Waals surface area contributed by atoms with Crippen molar-refractivity contribution in [2.75, 3.05) is 0 Å². The minimum absolute atomic E-state index is 0.146. The summed E-state index contributed by atoms with van der Waals surface area (Å²) in [7, 11) is 0. The van der Waals surface area contributed by atoms with Crippen molar-refractivity contribution in [1.82, 2.24) is 0 Å². The van der Waals surface area contributed by atoms with Crippen molar-refractivity contribution in [2.24, 2.45) is 0 Å². The van der Waals surface area contributed by atoms with Gasteiger partial charge < -0.3 is 4.74 Å². The normalized spacial score (nSPS) is 10.2. The predicted octanol–water partition coefficient (Wildman–Crippen LogP) is 2.25. The smallest absolute Gasteiger partial charge is 0.310 e. The van der Waals surface area contributed by atoms with Crippen LogP contribution in [-0.2, 0) is 9.53 Å². The Kier molecular flexibility index (Phi) is 5.83. The first kappa shape index (κ1) is 9.21. The van der Waals surface area contributed by atoms with E-state index >= 15 is 0 Å². The Hall–Kier alpha value is -0.790. The lowest BCUT2D eigenvalue weighted by molar-refractivity contribution is -0.138. The average molecular weight is 142 g/mol. The first-order chi connectivity index (χ1) is 4.81. The SMILES string of the molecule is CCC=COC(=O)CCC. The summed E-state index contributed by atoms with van der Waals surface area (Å²) in [4.78, 5) is 10.6. The molecule has 0 aliphatic heterocycles. The van der Waals surface area contributed by atoms with E-state index in [2.05, 4.69) is 0 Å². The second kappa shape index (κ2) is 6.33. The molecule has 0 aliphatic rings. The van der Waals surface area contributed by atoms with E-state index in [0.29, 0.717) is 6.42 Å². The quantitative estimate of drug-likeness (QED) is 0.444. The molecule has 0 N–H and O–H groups in total. The molecule has 0 saturated carbocycles. The molecule has 0 spiro atoms. The van der Waals surface area contributed by atoms with Gasteiger partial charge in [0.2, 0.25) is 0 Å². The third kappa shape index (κ3) is 5.35. The van der Waals surface area contributed by atoms with Crippen LogP contribution in [0.2, 0.25) is 0 Å². The van der Waals surface area contributed by atoms with Gasteiger partial charge >= 0.3 is 5.97 Å². The van der Waals surface area contributed by atoms with Crippen molar-refractivity contribution in [2.45, 2.75) is 33.1 Å². The van der Waals surface area contributed by atoms with Crippen molar-refractivity contribution >= 4 is 5.97 Å². The molecule has 0 aliphatic carbocycles. The van der Waals surface area contributed by atoms with Gasteiger partial charge in [0.15, 0.2) is 0 Å². The Balaban J connectivity index is 3.30. The van der Waals surface area contributed by atoms with Crippen LogP contribution in [0.5, 0.6) is 0 Å². The molecule has 0 aromatic carbocycles. The summed E-state index contributed by atoms with van der Waals surface area (Å²) in [5.74, 6) is -0.146. The van der Waals surface area contributed by atoms with Crippen LogP contribution in [0.1, 0.15) is 33.1 Å². The summed E-state index contributed by atoms with van der Waals surface area (Å²) in [6, 6.07) is 0. The monoisotopic (exact) mass is 142 g/mol. The summed E-state index contributed by atoms with van der Waals surface area (Å²) in [5.41, 5.74) is 0. The fourth-order valence-electron chi connectivity index (χ4n) is 0.483. The first-order valence-corrected chi connectivity index (χ1v) is 3.65. The number of hydrogen-bond donors (Lipinski definition) is 0. The second-order valence-corrected chi connectivity index (χ2v) is 2.02. The average Bonchev–Trinajstić information content (AvgIpc) is 1.89. The zero-order valence-corrected chi connectivity index (χ0v) is 6.59. The third-order valence-electron chi connectivity index (χ3n) is 0.986. The van der Waals surface area contributed by atoms with Crippen LogP contribution in [0.3, 0.4) is 0 Å². The lowest BCUT2D eigenvalue weighted by Crippen LogP contribution is -1.97. The molecule has 58 valence electrons. The third-order valence-corrected chi connectivity index (χ3v) is 0.986. The Morgan fingerprint density at radius 2 is 2.20 bits per heavy atom. The molecule has 0 aromatic rings. The number of hydrogen-bond acceptors (Lipinski definition) is 2. The molecule has 0 amide bonds. The van der Waals surface area contributed by atoms with Gasteiger partial charge in [0, 0.05) is 6.42 Å². The summed E-state index contributed by atoms with van der Waals surface area (Å²) in [6.45, 7) is 3.94. The predicted molar refractivity (Wildman–Crippen MR) is 40.4 cm³/mol. The highest BCUT2D eigenvalue weighted by molar-refractivity contribution is 5.69. The highest BCUT2D eigenvalue weighted by Gasteiger charge is 1.95. The molecule has 2 nitrogen and oxygen atoms in total. The minimum atomic E-state index is -0.146. The molecule has 0 saturated heterocycles. The topological polar surface area (TPSA) is 26.3 Å². The van der Waals surface area contributed by atoms with Crippen LogP contribution in [0, 0.1) is 0 Å². The molecule has 2 heteroatoms. The Labute approximate surface area is 61.9 Å². The molecular weight excluding hydrogens is 128 g/mol. The van der Waals surface area contributed by atoms with E-state index < -0.39 is 0 Å². The van der Waals surface area contributed by atoms with Crippen molar-refractivity contribution in [3.63, 3.8) is 0 Å². The largest absolute Gasteiger partial charge is 0.435 e. The Bertz CT molecular complexity index is 116. The molecule has 0 radical (unpaired) electrons. The van der Waals surface area contributed by atoms with Crippen LogP contribution < -0.4 is 0 Å². The molecule has 0 rings (SSSR count). The number of ether oxygens (including phenoxy) is 1. The maximum absolute atomic E-state index is 10.6. The summed E-state index contributed by atoms with van der Waals surface area (Å²) in [6.07, 6.45) is 5.53. The van der Waals surface area contributed by atoms with E-state index in [1.54, 1.807) is 0 Å². The van der Waals surface area contributed by atoms with Crippen LogP contribution >= 0.6 is 0 Å². The van der Waals surface area contributed by atoms with Crippen LogP contribution in [0.4, 0.5) is 0 Å². The Morgan fingerprint density at radius 1 is 1.50 bits per heavy atom. The van der Waals surface area contributed by atoms with E-state index in [1.807, 2.05) is 19.9 Å². The fourth-order valence-corrected chi connectivity index (χ4v) is 0.483. The van der Waals surface area contributed by atoms with Gasteiger partial charge in [0.25, 0.3) is 0 Å². The number of carbonyl (C=O) groups is 1. The van der Waals surface area contributed by atoms with Gasteiger partial charge in [-0.25, -0.2) is 0 Å². The summed E-state index contributed by atoms with van der Waals surface area (Å²) < 4.78 is 4.70. The number of carbonyl (C=O) groups excluding carboxylic acids is 1. The van der Waals surface area contributed by atoms with Crippen molar-refractivity contribution < 1.29 is 9.53 Å². The van der Waals surface area contributed by atoms with Gasteiger partial charge in [-0.1, -0.05) is 13.8 Å². The lowest BCUT2D eigenvalue weighted by Gasteiger charge is -1.93. The van der Waals surface area contributed by atoms with E-state index in [4.69, 9.17) is 4.74 Å². The maximum Gasteiger partial charge on any atom is 0.310 e. The van der Waals surface area contributed by atoms with Gasteiger partial charge in [-0.15, -0.1) is 0 Å². The zero-order chi connectivity index (χ0) is 7.82. The number of esters is 1. The summed E-state index contributed by atoms with van der Waals surface area (Å²) >= 11 is 0. The number of rotatable bonds is 4. The van der Waals surface area contributed by atoms with Crippen LogP contribution in [0.15, 0.2) is 12.3 Å². The van der Waals surface area contributed by atoms with Gasteiger partial charge in [-0.3, -0.25) is 4.79 Å². The molecule has 0 bridgehead atoms. The molecule has 10 heavy (non-hydrogen) atoms. The lowest BCUT2D eigenvalue weighted by atomic mass is 10.3. The van der Waals surface area contributed by atoms with E-state index in [1.165, 1.54) is 6.26 Å². The zero-order valence-electron chi connectivity index (χ0n) is 6.59. The van der Waals surface area contributed by atoms with E-state index in [-0.39, 0.29) is 5.97 Å². The van der Waals surface area contributed by atoms with E-state index in [0.717, 1.165) is 12.8 Å². The highest BCUT2D eigenvalue weighted by atomic mass is 16.5. The number of allylic oxidation sites excluding steroid dienone is 1. The van der Waals surface area contributed by atoms with Crippen molar-refractivity contribution in [3.8, 4) is 0 Å². The van der Waals surface area contributed by atoms with Gasteiger partial charge in [0.05, 0.1) is 6.26 Å². The second-order valence-electron chi connectivity index (χ2n) is 2.02. The van der Waals surface area contributed by atoms with Crippen molar-refractivity contribution in [1.29, 1.82) is 0 Å². The maximum atomic E-state index is 10.6. The van der Waals surface area contributed by atoms with Crippen molar-refractivity contribution in [3.05, 3.63) is 12.3 Å². The van der Waals surface area contributed by atoms with E-state index in [9.17, 15) is 4.79 Å². The fraction of sp³-hybridized carbons (Fsp3) is 0.625. The molecule has 0 heterocycles. The minimum Gasteiger partial charge on any atom is -0.435 e. The molecular formula is C8H14O2. The van der Waals surface area contributed by atoms with Gasteiger partial charge in [-0.2, -0.15) is 0 Å². The molecule has 0 aromatic heterocycles. The molecule has 0 fully saturated rings. The highest BCUT2D eigenvalue weighted by Crippen LogP contribution is 1.91. The molecule has 0 atom stereocenters. The van der Waals surface area contributed by atoms with Gasteiger partial charge in [-0.05, 0) is 18.9 Å². The van der Waals surface area contributed by atoms with Crippen LogP contribution in [0.25, 0.3) is 0 Å². The first-order valence-electron chi connectivity index (χ1n) is 3.65.